The highest BCUT2D eigenvalue weighted by molar-refractivity contribution is 7.79. The molecule has 1 heteroatoms. The van der Waals surface area contributed by atoms with Crippen LogP contribution in [0.25, 0.3) is 0 Å². The largest absolute Gasteiger partial charge is 0.0929 e. The maximum absolute atomic E-state index is 5.20. The lowest BCUT2D eigenvalue weighted by Gasteiger charge is -2.33. The predicted octanol–water partition coefficient (Wildman–Crippen LogP) is 3.98. The summed E-state index contributed by atoms with van der Waals surface area (Å²) in [6.45, 7) is 4.56. The van der Waals surface area contributed by atoms with E-state index in [1.165, 1.54) is 38.5 Å². The zero-order valence-corrected chi connectivity index (χ0v) is 9.12. The lowest BCUT2D eigenvalue weighted by Crippen LogP contribution is -2.28. The van der Waals surface area contributed by atoms with Crippen LogP contribution in [0.15, 0.2) is 0 Å². The van der Waals surface area contributed by atoms with Gasteiger partial charge in [0, 0.05) is 5.41 Å². The molecule has 1 saturated carbocycles. The first-order chi connectivity index (χ1) is 5.79. The molecule has 0 aromatic heterocycles. The van der Waals surface area contributed by atoms with E-state index in [2.05, 4.69) is 19.2 Å². The van der Waals surface area contributed by atoms with Crippen LogP contribution in [0.2, 0.25) is 0 Å². The molecule has 1 rings (SSSR count). The number of hydrogen-bond acceptors (Lipinski definition) is 1. The Morgan fingerprint density at radius 2 is 1.75 bits per heavy atom. The number of thiocarbonyl (C=S) groups is 1. The second-order valence-electron chi connectivity index (χ2n) is 4.04. The third-order valence-corrected chi connectivity index (χ3v) is 4.19. The Labute approximate surface area is 81.7 Å². The van der Waals surface area contributed by atoms with Crippen molar-refractivity contribution >= 4 is 17.6 Å². The molecule has 0 bridgehead atoms. The monoisotopic (exact) mass is 184 g/mol. The van der Waals surface area contributed by atoms with Crippen LogP contribution in [-0.4, -0.2) is 5.37 Å². The molecular weight excluding hydrogens is 164 g/mol. The molecule has 0 nitrogen and oxygen atoms in total. The second-order valence-corrected chi connectivity index (χ2v) is 4.28. The van der Waals surface area contributed by atoms with Gasteiger partial charge in [-0.3, -0.25) is 0 Å². The van der Waals surface area contributed by atoms with Crippen molar-refractivity contribution in [3.05, 3.63) is 0 Å². The maximum Gasteiger partial charge on any atom is 0.000936 e. The van der Waals surface area contributed by atoms with Crippen LogP contribution in [-0.2, 0) is 0 Å². The van der Waals surface area contributed by atoms with Crippen LogP contribution in [0, 0.1) is 11.3 Å². The quantitative estimate of drug-likeness (QED) is 0.595. The summed E-state index contributed by atoms with van der Waals surface area (Å²) in [6.07, 6.45) is 8.14. The Balaban J connectivity index is 2.68. The summed E-state index contributed by atoms with van der Waals surface area (Å²) in [6, 6.07) is 0. The highest BCUT2D eigenvalue weighted by Gasteiger charge is 2.34. The molecule has 12 heavy (non-hydrogen) atoms. The average Bonchev–Trinajstić information content (AvgIpc) is 2.62. The number of rotatable bonds is 4. The van der Waals surface area contributed by atoms with Gasteiger partial charge in [0.2, 0.25) is 0 Å². The first kappa shape index (κ1) is 10.2. The van der Waals surface area contributed by atoms with Gasteiger partial charge in [-0.15, -0.1) is 0 Å². The van der Waals surface area contributed by atoms with Crippen LogP contribution in [0.1, 0.15) is 52.4 Å². The van der Waals surface area contributed by atoms with Gasteiger partial charge in [0.05, 0.1) is 0 Å². The summed E-state index contributed by atoms with van der Waals surface area (Å²) < 4.78 is 0. The Morgan fingerprint density at radius 3 is 2.08 bits per heavy atom. The fourth-order valence-corrected chi connectivity index (χ4v) is 3.12. The van der Waals surface area contributed by atoms with Gasteiger partial charge in [0.25, 0.3) is 0 Å². The minimum Gasteiger partial charge on any atom is -0.0929 e. The van der Waals surface area contributed by atoms with E-state index in [1.54, 1.807) is 0 Å². The van der Waals surface area contributed by atoms with Crippen molar-refractivity contribution in [2.24, 2.45) is 11.3 Å². The van der Waals surface area contributed by atoms with Crippen LogP contribution < -0.4 is 0 Å². The molecule has 0 radical (unpaired) electrons. The van der Waals surface area contributed by atoms with Crippen molar-refractivity contribution in [1.82, 2.24) is 0 Å². The lowest BCUT2D eigenvalue weighted by molar-refractivity contribution is 0.251. The van der Waals surface area contributed by atoms with Crippen molar-refractivity contribution in [1.29, 1.82) is 0 Å². The van der Waals surface area contributed by atoms with Crippen LogP contribution in [0.4, 0.5) is 0 Å². The van der Waals surface area contributed by atoms with E-state index < -0.39 is 0 Å². The zero-order chi connectivity index (χ0) is 9.03. The van der Waals surface area contributed by atoms with E-state index in [0.717, 1.165) is 5.92 Å². The smallest absolute Gasteiger partial charge is 0.000936 e. The molecule has 1 fully saturated rings. The van der Waals surface area contributed by atoms with E-state index in [1.807, 2.05) is 0 Å². The normalized spacial score (nSPS) is 19.8. The van der Waals surface area contributed by atoms with Gasteiger partial charge in [-0.1, -0.05) is 38.9 Å². The highest BCUT2D eigenvalue weighted by Crippen LogP contribution is 2.43. The molecule has 70 valence electrons. The van der Waals surface area contributed by atoms with Gasteiger partial charge in [-0.2, -0.15) is 0 Å². The van der Waals surface area contributed by atoms with Gasteiger partial charge in [0.1, 0.15) is 0 Å². The average molecular weight is 184 g/mol. The van der Waals surface area contributed by atoms with E-state index in [-0.39, 0.29) is 0 Å². The Bertz CT molecular complexity index is 141. The fourth-order valence-electron chi connectivity index (χ4n) is 2.59. The van der Waals surface area contributed by atoms with Gasteiger partial charge < -0.3 is 0 Å². The maximum atomic E-state index is 5.20. The van der Waals surface area contributed by atoms with Gasteiger partial charge in [0.15, 0.2) is 0 Å². The van der Waals surface area contributed by atoms with Crippen molar-refractivity contribution in [3.63, 3.8) is 0 Å². The molecule has 0 unspecified atom stereocenters. The molecule has 0 aromatic rings. The summed E-state index contributed by atoms with van der Waals surface area (Å²) in [5.74, 6) is 0.894. The number of hydrogen-bond donors (Lipinski definition) is 0. The van der Waals surface area contributed by atoms with Gasteiger partial charge >= 0.3 is 0 Å². The molecule has 1 aliphatic rings. The first-order valence-electron chi connectivity index (χ1n) is 5.25. The van der Waals surface area contributed by atoms with Crippen LogP contribution in [0.3, 0.4) is 0 Å². The van der Waals surface area contributed by atoms with Crippen LogP contribution >= 0.6 is 12.2 Å². The van der Waals surface area contributed by atoms with E-state index in [9.17, 15) is 0 Å². The summed E-state index contributed by atoms with van der Waals surface area (Å²) in [5, 5.41) is 2.06. The minimum atomic E-state index is 0.395. The molecule has 0 amide bonds. The van der Waals surface area contributed by atoms with Gasteiger partial charge in [-0.25, -0.2) is 0 Å². The van der Waals surface area contributed by atoms with Crippen LogP contribution in [0.5, 0.6) is 0 Å². The predicted molar refractivity (Wildman–Crippen MR) is 58.6 cm³/mol. The first-order valence-corrected chi connectivity index (χ1v) is 5.72. The van der Waals surface area contributed by atoms with E-state index >= 15 is 0 Å². The molecular formula is C11H20S. The highest BCUT2D eigenvalue weighted by atomic mass is 32.1. The van der Waals surface area contributed by atoms with Crippen molar-refractivity contribution in [3.8, 4) is 0 Å². The molecule has 0 atom stereocenters. The van der Waals surface area contributed by atoms with E-state index in [0.29, 0.717) is 5.41 Å². The summed E-state index contributed by atoms with van der Waals surface area (Å²) in [5.41, 5.74) is 0.395. The Hall–Kier alpha value is 0.0900. The topological polar surface area (TPSA) is 0 Å². The summed E-state index contributed by atoms with van der Waals surface area (Å²) in [4.78, 5) is 0. The molecule has 1 aliphatic carbocycles. The third-order valence-electron chi connectivity index (χ3n) is 3.72. The summed E-state index contributed by atoms with van der Waals surface area (Å²) >= 11 is 5.20. The second kappa shape index (κ2) is 4.36. The SMILES string of the molecule is CCC(C=S)(CC)C1CCCC1. The van der Waals surface area contributed by atoms with Gasteiger partial charge in [-0.05, 0) is 37.0 Å². The minimum absolute atomic E-state index is 0.395. The van der Waals surface area contributed by atoms with Crippen molar-refractivity contribution in [2.45, 2.75) is 52.4 Å². The standard InChI is InChI=1S/C11H20S/c1-3-11(4-2,9-12)10-7-5-6-8-10/h9-10H,3-8H2,1-2H3. The Morgan fingerprint density at radius 1 is 1.25 bits per heavy atom. The summed E-state index contributed by atoms with van der Waals surface area (Å²) in [7, 11) is 0. The third kappa shape index (κ3) is 1.71. The molecule has 0 heterocycles. The molecule has 0 aliphatic heterocycles. The zero-order valence-electron chi connectivity index (χ0n) is 8.31. The Kier molecular flexibility index (Phi) is 3.70. The fraction of sp³-hybridized carbons (Fsp3) is 0.909. The molecule has 0 N–H and O–H groups in total. The van der Waals surface area contributed by atoms with Crippen molar-refractivity contribution in [2.75, 3.05) is 0 Å². The molecule has 0 saturated heterocycles. The van der Waals surface area contributed by atoms with Crippen molar-refractivity contribution < 1.29 is 0 Å². The molecule has 0 aromatic carbocycles. The lowest BCUT2D eigenvalue weighted by atomic mass is 9.72. The van der Waals surface area contributed by atoms with E-state index in [4.69, 9.17) is 12.2 Å². The molecule has 0 spiro atoms.